The lowest BCUT2D eigenvalue weighted by molar-refractivity contribution is 0.110. The highest BCUT2D eigenvalue weighted by Gasteiger charge is 2.15. The summed E-state index contributed by atoms with van der Waals surface area (Å²) >= 11 is 0. The molecule has 0 radical (unpaired) electrons. The normalized spacial score (nSPS) is 14.1. The van der Waals surface area contributed by atoms with Crippen LogP contribution in [0, 0.1) is 0 Å². The van der Waals surface area contributed by atoms with Gasteiger partial charge in [-0.3, -0.25) is 9.79 Å². The zero-order chi connectivity index (χ0) is 12.4. The largest absolute Gasteiger partial charge is 0.453 e. The standard InChI is InChI=1S/C14H12N2O2/c17-9-10-5-6-13(18-10)11-3-1-2-4-12(11)14-15-7-8-16-14/h1-6,9H,7-8H2,(H,15,16). The first-order chi connectivity index (χ1) is 8.88. The number of aliphatic imine (C=N–C) groups is 1. The van der Waals surface area contributed by atoms with Crippen LogP contribution in [0.3, 0.4) is 0 Å². The summed E-state index contributed by atoms with van der Waals surface area (Å²) < 4.78 is 5.47. The van der Waals surface area contributed by atoms with Crippen molar-refractivity contribution in [2.24, 2.45) is 4.99 Å². The van der Waals surface area contributed by atoms with E-state index in [9.17, 15) is 4.79 Å². The quantitative estimate of drug-likeness (QED) is 0.836. The Morgan fingerprint density at radius 2 is 2.00 bits per heavy atom. The molecule has 0 saturated carbocycles. The zero-order valence-corrected chi connectivity index (χ0v) is 9.72. The number of nitrogens with zero attached hydrogens (tertiary/aromatic N) is 1. The van der Waals surface area contributed by atoms with E-state index in [4.69, 9.17) is 4.42 Å². The first-order valence-corrected chi connectivity index (χ1v) is 5.81. The van der Waals surface area contributed by atoms with E-state index in [0.717, 1.165) is 30.1 Å². The van der Waals surface area contributed by atoms with Crippen LogP contribution in [-0.4, -0.2) is 25.2 Å². The van der Waals surface area contributed by atoms with E-state index in [-0.39, 0.29) is 0 Å². The Morgan fingerprint density at radius 3 is 2.67 bits per heavy atom. The van der Waals surface area contributed by atoms with Crippen molar-refractivity contribution in [3.05, 3.63) is 47.7 Å². The SMILES string of the molecule is O=Cc1ccc(-c2ccccc2C2=NCCN2)o1. The number of furan rings is 1. The zero-order valence-electron chi connectivity index (χ0n) is 9.72. The molecule has 2 heterocycles. The Labute approximate surface area is 104 Å². The van der Waals surface area contributed by atoms with Crippen molar-refractivity contribution >= 4 is 12.1 Å². The van der Waals surface area contributed by atoms with E-state index in [2.05, 4.69) is 10.3 Å². The van der Waals surface area contributed by atoms with Crippen LogP contribution in [0.25, 0.3) is 11.3 Å². The Hall–Kier alpha value is -2.36. The van der Waals surface area contributed by atoms with Gasteiger partial charge in [0.25, 0.3) is 0 Å². The lowest BCUT2D eigenvalue weighted by Crippen LogP contribution is -2.20. The second kappa shape index (κ2) is 4.49. The van der Waals surface area contributed by atoms with Crippen molar-refractivity contribution in [1.29, 1.82) is 0 Å². The third-order valence-corrected chi connectivity index (χ3v) is 2.86. The van der Waals surface area contributed by atoms with Crippen LogP contribution in [0.4, 0.5) is 0 Å². The maximum absolute atomic E-state index is 10.7. The van der Waals surface area contributed by atoms with E-state index < -0.39 is 0 Å². The van der Waals surface area contributed by atoms with Crippen molar-refractivity contribution in [2.45, 2.75) is 0 Å². The number of hydrogen-bond acceptors (Lipinski definition) is 4. The third kappa shape index (κ3) is 1.82. The fourth-order valence-electron chi connectivity index (χ4n) is 2.04. The second-order valence-electron chi connectivity index (χ2n) is 4.02. The molecule has 1 aromatic heterocycles. The maximum Gasteiger partial charge on any atom is 0.185 e. The topological polar surface area (TPSA) is 54.6 Å². The summed E-state index contributed by atoms with van der Waals surface area (Å²) in [5, 5.41) is 3.24. The first-order valence-electron chi connectivity index (χ1n) is 5.81. The van der Waals surface area contributed by atoms with E-state index in [0.29, 0.717) is 17.8 Å². The van der Waals surface area contributed by atoms with Gasteiger partial charge in [-0.2, -0.15) is 0 Å². The molecule has 3 rings (SSSR count). The summed E-state index contributed by atoms with van der Waals surface area (Å²) in [4.78, 5) is 15.1. The molecule has 0 fully saturated rings. The molecular formula is C14H12N2O2. The molecule has 0 unspecified atom stereocenters. The van der Waals surface area contributed by atoms with Gasteiger partial charge >= 0.3 is 0 Å². The molecule has 4 heteroatoms. The number of nitrogens with one attached hydrogen (secondary N) is 1. The highest BCUT2D eigenvalue weighted by molar-refractivity contribution is 6.04. The summed E-state index contributed by atoms with van der Waals surface area (Å²) in [6.45, 7) is 1.66. The fraction of sp³-hybridized carbons (Fsp3) is 0.143. The number of aldehydes is 1. The van der Waals surface area contributed by atoms with Gasteiger partial charge in [-0.25, -0.2) is 0 Å². The number of hydrogen-bond donors (Lipinski definition) is 1. The Morgan fingerprint density at radius 1 is 1.17 bits per heavy atom. The number of amidine groups is 1. The van der Waals surface area contributed by atoms with Gasteiger partial charge in [0.05, 0.1) is 6.54 Å². The van der Waals surface area contributed by atoms with Crippen molar-refractivity contribution in [1.82, 2.24) is 5.32 Å². The third-order valence-electron chi connectivity index (χ3n) is 2.86. The molecule has 0 saturated heterocycles. The molecule has 90 valence electrons. The minimum absolute atomic E-state index is 0.334. The number of rotatable bonds is 3. The highest BCUT2D eigenvalue weighted by Crippen LogP contribution is 2.26. The van der Waals surface area contributed by atoms with Gasteiger partial charge in [0, 0.05) is 17.7 Å². The Balaban J connectivity index is 2.08. The summed E-state index contributed by atoms with van der Waals surface area (Å²) in [5.74, 6) is 1.90. The fourth-order valence-corrected chi connectivity index (χ4v) is 2.04. The van der Waals surface area contributed by atoms with Crippen LogP contribution in [0.1, 0.15) is 16.1 Å². The summed E-state index contributed by atoms with van der Waals surface area (Å²) in [5.41, 5.74) is 1.94. The van der Waals surface area contributed by atoms with Crippen LogP contribution in [0.15, 0.2) is 45.8 Å². The summed E-state index contributed by atoms with van der Waals surface area (Å²) in [6.07, 6.45) is 0.706. The van der Waals surface area contributed by atoms with E-state index >= 15 is 0 Å². The van der Waals surface area contributed by atoms with Crippen LogP contribution in [0.2, 0.25) is 0 Å². The first kappa shape index (κ1) is 10.8. The molecule has 0 amide bonds. The van der Waals surface area contributed by atoms with Gasteiger partial charge in [0.15, 0.2) is 12.0 Å². The van der Waals surface area contributed by atoms with Crippen molar-refractivity contribution < 1.29 is 9.21 Å². The predicted molar refractivity (Wildman–Crippen MR) is 68.9 cm³/mol. The molecule has 1 N–H and O–H groups in total. The van der Waals surface area contributed by atoms with E-state index in [1.807, 2.05) is 24.3 Å². The lowest BCUT2D eigenvalue weighted by atomic mass is 10.0. The maximum atomic E-state index is 10.7. The van der Waals surface area contributed by atoms with E-state index in [1.54, 1.807) is 12.1 Å². The van der Waals surface area contributed by atoms with Gasteiger partial charge in [0.1, 0.15) is 11.6 Å². The summed E-state index contributed by atoms with van der Waals surface area (Å²) in [6, 6.07) is 11.3. The van der Waals surface area contributed by atoms with E-state index in [1.165, 1.54) is 0 Å². The number of benzene rings is 1. The number of carbonyl (C=O) groups excluding carboxylic acids is 1. The summed E-state index contributed by atoms with van der Waals surface area (Å²) in [7, 11) is 0. The van der Waals surface area contributed by atoms with Crippen LogP contribution >= 0.6 is 0 Å². The minimum Gasteiger partial charge on any atom is -0.453 e. The van der Waals surface area contributed by atoms with Crippen molar-refractivity contribution in [2.75, 3.05) is 13.1 Å². The van der Waals surface area contributed by atoms with Crippen LogP contribution < -0.4 is 5.32 Å². The van der Waals surface area contributed by atoms with Crippen LogP contribution in [0.5, 0.6) is 0 Å². The monoisotopic (exact) mass is 240 g/mol. The van der Waals surface area contributed by atoms with Gasteiger partial charge in [0.2, 0.25) is 0 Å². The molecule has 4 nitrogen and oxygen atoms in total. The average molecular weight is 240 g/mol. The Kier molecular flexibility index (Phi) is 2.68. The van der Waals surface area contributed by atoms with Crippen molar-refractivity contribution in [3.63, 3.8) is 0 Å². The molecule has 2 aromatic rings. The smallest absolute Gasteiger partial charge is 0.185 e. The van der Waals surface area contributed by atoms with Crippen molar-refractivity contribution in [3.8, 4) is 11.3 Å². The second-order valence-corrected chi connectivity index (χ2v) is 4.02. The Bertz CT molecular complexity index is 614. The molecular weight excluding hydrogens is 228 g/mol. The lowest BCUT2D eigenvalue weighted by Gasteiger charge is -2.07. The molecule has 1 aromatic carbocycles. The van der Waals surface area contributed by atoms with Gasteiger partial charge < -0.3 is 9.73 Å². The van der Waals surface area contributed by atoms with Gasteiger partial charge in [-0.15, -0.1) is 0 Å². The molecule has 0 spiro atoms. The average Bonchev–Trinajstić information content (AvgIpc) is 3.10. The molecule has 0 aliphatic carbocycles. The highest BCUT2D eigenvalue weighted by atomic mass is 16.3. The molecule has 0 bridgehead atoms. The molecule has 0 atom stereocenters. The molecule has 18 heavy (non-hydrogen) atoms. The minimum atomic E-state index is 0.334. The predicted octanol–water partition coefficient (Wildman–Crippen LogP) is 2.11. The van der Waals surface area contributed by atoms with Gasteiger partial charge in [-0.1, -0.05) is 24.3 Å². The molecule has 1 aliphatic rings. The van der Waals surface area contributed by atoms with Gasteiger partial charge in [-0.05, 0) is 12.1 Å². The number of carbonyl (C=O) groups is 1. The molecule has 1 aliphatic heterocycles. The van der Waals surface area contributed by atoms with Crippen LogP contribution in [-0.2, 0) is 0 Å².